The van der Waals surface area contributed by atoms with Gasteiger partial charge < -0.3 is 5.11 Å². The summed E-state index contributed by atoms with van der Waals surface area (Å²) in [5.74, 6) is -1.77. The van der Waals surface area contributed by atoms with Gasteiger partial charge in [-0.1, -0.05) is 11.6 Å². The molecule has 0 bridgehead atoms. The van der Waals surface area contributed by atoms with Gasteiger partial charge in [0.05, 0.1) is 16.1 Å². The van der Waals surface area contributed by atoms with Gasteiger partial charge in [-0.25, -0.2) is 4.79 Å². The number of alkyl halides is 3. The molecule has 0 aliphatic heterocycles. The van der Waals surface area contributed by atoms with Crippen LogP contribution in [0.5, 0.6) is 0 Å². The number of nitrogens with zero attached hydrogens (tertiary/aromatic N) is 1. The SMILES string of the molecule is O=C(O)c1cc(C(F)(F)F)cc([N+](=O)[O-])c1Cl. The van der Waals surface area contributed by atoms with Gasteiger partial charge in [-0.3, -0.25) is 10.1 Å². The molecule has 1 rings (SSSR count). The van der Waals surface area contributed by atoms with Crippen LogP contribution in [-0.2, 0) is 6.18 Å². The van der Waals surface area contributed by atoms with Crippen LogP contribution in [0.25, 0.3) is 0 Å². The van der Waals surface area contributed by atoms with Crippen molar-refractivity contribution >= 4 is 23.3 Å². The molecule has 1 aromatic rings. The lowest BCUT2D eigenvalue weighted by atomic mass is 10.1. The van der Waals surface area contributed by atoms with Crippen LogP contribution in [0.1, 0.15) is 15.9 Å². The summed E-state index contributed by atoms with van der Waals surface area (Å²) in [5, 5.41) is 18.2. The summed E-state index contributed by atoms with van der Waals surface area (Å²) in [4.78, 5) is 19.9. The number of nitro groups is 1. The second-order valence-electron chi connectivity index (χ2n) is 2.92. The highest BCUT2D eigenvalue weighted by molar-refractivity contribution is 6.35. The topological polar surface area (TPSA) is 80.4 Å². The minimum absolute atomic E-state index is 0.189. The van der Waals surface area contributed by atoms with Crippen LogP contribution in [0.4, 0.5) is 18.9 Å². The number of carboxylic acids is 1. The number of carbonyl (C=O) groups is 1. The Bertz CT molecular complexity index is 465. The summed E-state index contributed by atoms with van der Waals surface area (Å²) in [6.07, 6.45) is -4.89. The van der Waals surface area contributed by atoms with Gasteiger partial charge >= 0.3 is 12.1 Å². The van der Waals surface area contributed by atoms with Crippen molar-refractivity contribution in [1.82, 2.24) is 0 Å². The Morgan fingerprint density at radius 2 is 1.94 bits per heavy atom. The van der Waals surface area contributed by atoms with E-state index in [9.17, 15) is 28.1 Å². The average Bonchev–Trinajstić information content (AvgIpc) is 2.14. The fourth-order valence-electron chi connectivity index (χ4n) is 1.06. The van der Waals surface area contributed by atoms with Gasteiger partial charge in [-0.05, 0) is 6.07 Å². The third-order valence-electron chi connectivity index (χ3n) is 1.81. The van der Waals surface area contributed by atoms with Crippen molar-refractivity contribution in [3.63, 3.8) is 0 Å². The van der Waals surface area contributed by atoms with Crippen molar-refractivity contribution in [2.24, 2.45) is 0 Å². The summed E-state index contributed by atoms with van der Waals surface area (Å²) >= 11 is 5.33. The van der Waals surface area contributed by atoms with Crippen molar-refractivity contribution in [1.29, 1.82) is 0 Å². The van der Waals surface area contributed by atoms with E-state index in [0.29, 0.717) is 0 Å². The van der Waals surface area contributed by atoms with Crippen molar-refractivity contribution in [2.75, 3.05) is 0 Å². The zero-order valence-corrected chi connectivity index (χ0v) is 8.54. The maximum absolute atomic E-state index is 12.3. The molecule has 1 aromatic carbocycles. The molecule has 0 aliphatic rings. The first-order valence-corrected chi connectivity index (χ1v) is 4.31. The Labute approximate surface area is 96.6 Å². The van der Waals surface area contributed by atoms with Crippen molar-refractivity contribution in [2.45, 2.75) is 6.18 Å². The molecule has 0 aromatic heterocycles. The first-order chi connectivity index (χ1) is 7.64. The van der Waals surface area contributed by atoms with E-state index in [-0.39, 0.29) is 12.1 Å². The van der Waals surface area contributed by atoms with E-state index in [0.717, 1.165) is 0 Å². The van der Waals surface area contributed by atoms with Crippen molar-refractivity contribution < 1.29 is 28.0 Å². The van der Waals surface area contributed by atoms with Gasteiger partial charge in [-0.15, -0.1) is 0 Å². The smallest absolute Gasteiger partial charge is 0.416 e. The highest BCUT2D eigenvalue weighted by Crippen LogP contribution is 2.37. The van der Waals surface area contributed by atoms with Crippen molar-refractivity contribution in [3.05, 3.63) is 38.4 Å². The predicted molar refractivity (Wildman–Crippen MR) is 50.1 cm³/mol. The number of rotatable bonds is 2. The Balaban J connectivity index is 3.59. The standard InChI is InChI=1S/C8H3ClF3NO4/c9-6-4(7(14)15)1-3(8(10,11)12)2-5(6)13(16)17/h1-2H,(H,14,15). The fourth-order valence-corrected chi connectivity index (χ4v) is 1.32. The van der Waals surface area contributed by atoms with Gasteiger partial charge in [0.25, 0.3) is 5.69 Å². The average molecular weight is 270 g/mol. The lowest BCUT2D eigenvalue weighted by molar-refractivity contribution is -0.385. The number of nitro benzene ring substituents is 1. The quantitative estimate of drug-likeness (QED) is 0.661. The lowest BCUT2D eigenvalue weighted by Crippen LogP contribution is -2.09. The third-order valence-corrected chi connectivity index (χ3v) is 2.21. The van der Waals surface area contributed by atoms with Gasteiger partial charge in [0, 0.05) is 6.07 Å². The minimum Gasteiger partial charge on any atom is -0.478 e. The molecule has 0 spiro atoms. The molecule has 0 saturated heterocycles. The molecule has 0 radical (unpaired) electrons. The molecule has 17 heavy (non-hydrogen) atoms. The molecule has 0 amide bonds. The number of halogens is 4. The molecule has 0 saturated carbocycles. The number of carboxylic acid groups (broad SMARTS) is 1. The third kappa shape index (κ3) is 2.64. The van der Waals surface area contributed by atoms with Crippen LogP contribution >= 0.6 is 11.6 Å². The maximum atomic E-state index is 12.3. The molecule has 0 atom stereocenters. The fraction of sp³-hybridized carbons (Fsp3) is 0.125. The highest BCUT2D eigenvalue weighted by atomic mass is 35.5. The number of hydrogen-bond donors (Lipinski definition) is 1. The monoisotopic (exact) mass is 269 g/mol. The zero-order valence-electron chi connectivity index (χ0n) is 7.79. The first kappa shape index (κ1) is 13.2. The molecule has 92 valence electrons. The summed E-state index contributed by atoms with van der Waals surface area (Å²) in [6, 6.07) is 0.437. The van der Waals surface area contributed by atoms with Crippen LogP contribution in [0, 0.1) is 10.1 Å². The lowest BCUT2D eigenvalue weighted by Gasteiger charge is -2.08. The number of aromatic carboxylic acids is 1. The number of benzene rings is 1. The van der Waals surface area contributed by atoms with Gasteiger partial charge in [0.15, 0.2) is 0 Å². The minimum atomic E-state index is -4.89. The van der Waals surface area contributed by atoms with E-state index in [4.69, 9.17) is 16.7 Å². The van der Waals surface area contributed by atoms with Crippen LogP contribution in [0.15, 0.2) is 12.1 Å². The Morgan fingerprint density at radius 1 is 1.41 bits per heavy atom. The van der Waals surface area contributed by atoms with E-state index >= 15 is 0 Å². The Hall–Kier alpha value is -1.83. The van der Waals surface area contributed by atoms with Gasteiger partial charge in [0.1, 0.15) is 5.02 Å². The second kappa shape index (κ2) is 4.21. The second-order valence-corrected chi connectivity index (χ2v) is 3.29. The molecule has 5 nitrogen and oxygen atoms in total. The van der Waals surface area contributed by atoms with Crippen LogP contribution in [0.2, 0.25) is 5.02 Å². The first-order valence-electron chi connectivity index (χ1n) is 3.93. The Kier molecular flexibility index (Phi) is 3.28. The van der Waals surface area contributed by atoms with E-state index < -0.39 is 38.9 Å². The molecule has 9 heteroatoms. The van der Waals surface area contributed by atoms with Crippen LogP contribution in [-0.4, -0.2) is 16.0 Å². The molecular weight excluding hydrogens is 267 g/mol. The molecule has 0 unspecified atom stereocenters. The summed E-state index contributed by atoms with van der Waals surface area (Å²) in [5.41, 5.74) is -3.50. The maximum Gasteiger partial charge on any atom is 0.416 e. The largest absolute Gasteiger partial charge is 0.478 e. The van der Waals surface area contributed by atoms with Gasteiger partial charge in [0.2, 0.25) is 0 Å². The van der Waals surface area contributed by atoms with E-state index in [1.165, 1.54) is 0 Å². The van der Waals surface area contributed by atoms with Crippen LogP contribution < -0.4 is 0 Å². The number of hydrogen-bond acceptors (Lipinski definition) is 3. The van der Waals surface area contributed by atoms with E-state index in [1.54, 1.807) is 0 Å². The summed E-state index contributed by atoms with van der Waals surface area (Å²) in [6.45, 7) is 0. The zero-order chi connectivity index (χ0) is 13.4. The van der Waals surface area contributed by atoms with Crippen LogP contribution in [0.3, 0.4) is 0 Å². The molecular formula is C8H3ClF3NO4. The normalized spacial score (nSPS) is 11.3. The molecule has 1 N–H and O–H groups in total. The molecule has 0 heterocycles. The van der Waals surface area contributed by atoms with E-state index in [2.05, 4.69) is 0 Å². The predicted octanol–water partition coefficient (Wildman–Crippen LogP) is 2.97. The molecule has 0 fully saturated rings. The highest BCUT2D eigenvalue weighted by Gasteiger charge is 2.35. The summed E-state index contributed by atoms with van der Waals surface area (Å²) in [7, 11) is 0. The Morgan fingerprint density at radius 3 is 2.29 bits per heavy atom. The van der Waals surface area contributed by atoms with E-state index in [1.807, 2.05) is 0 Å². The van der Waals surface area contributed by atoms with Crippen molar-refractivity contribution in [3.8, 4) is 0 Å². The van der Waals surface area contributed by atoms with Gasteiger partial charge in [-0.2, -0.15) is 13.2 Å². The molecule has 0 aliphatic carbocycles. The summed E-state index contributed by atoms with van der Waals surface area (Å²) < 4.78 is 37.0.